The van der Waals surface area contributed by atoms with Crippen LogP contribution in [0.5, 0.6) is 0 Å². The Bertz CT molecular complexity index is 628. The minimum Gasteiger partial charge on any atom is -0.477 e. The van der Waals surface area contributed by atoms with Crippen LogP contribution >= 0.6 is 0 Å². The minimum atomic E-state index is -1.04. The van der Waals surface area contributed by atoms with E-state index < -0.39 is 5.97 Å². The van der Waals surface area contributed by atoms with Crippen LogP contribution in [-0.2, 0) is 0 Å². The molecule has 1 aromatic carbocycles. The van der Waals surface area contributed by atoms with E-state index in [2.05, 4.69) is 17.2 Å². The van der Waals surface area contributed by atoms with Crippen molar-refractivity contribution in [2.24, 2.45) is 5.92 Å². The van der Waals surface area contributed by atoms with Gasteiger partial charge in [0.2, 0.25) is 0 Å². The number of anilines is 1. The quantitative estimate of drug-likeness (QED) is 0.729. The highest BCUT2D eigenvalue weighted by Crippen LogP contribution is 2.23. The number of nitrogens with one attached hydrogen (secondary N) is 1. The summed E-state index contributed by atoms with van der Waals surface area (Å²) in [6, 6.07) is 9.15. The summed E-state index contributed by atoms with van der Waals surface area (Å²) >= 11 is 0. The molecule has 0 fully saturated rings. The lowest BCUT2D eigenvalue weighted by Crippen LogP contribution is -2.16. The number of carboxylic acids is 1. The van der Waals surface area contributed by atoms with Crippen molar-refractivity contribution in [3.05, 3.63) is 36.0 Å². The summed E-state index contributed by atoms with van der Waals surface area (Å²) in [6.45, 7) is 2.89. The zero-order valence-corrected chi connectivity index (χ0v) is 12.0. The molecule has 0 aliphatic heterocycles. The summed E-state index contributed by atoms with van der Waals surface area (Å²) in [5.41, 5.74) is 0.0337. The summed E-state index contributed by atoms with van der Waals surface area (Å²) in [5, 5.41) is 23.2. The van der Waals surface area contributed by atoms with Crippen LogP contribution in [0.15, 0.2) is 30.3 Å². The van der Waals surface area contributed by atoms with Gasteiger partial charge < -0.3 is 15.5 Å². The molecule has 0 spiro atoms. The molecule has 5 nitrogen and oxygen atoms in total. The van der Waals surface area contributed by atoms with Crippen molar-refractivity contribution in [1.29, 1.82) is 0 Å². The molecular weight excluding hydrogens is 268 g/mol. The van der Waals surface area contributed by atoms with Crippen molar-refractivity contribution in [1.82, 2.24) is 4.98 Å². The van der Waals surface area contributed by atoms with Crippen molar-refractivity contribution in [2.45, 2.75) is 19.8 Å². The number of carboxylic acid groups (broad SMARTS) is 1. The van der Waals surface area contributed by atoms with Gasteiger partial charge in [0.15, 0.2) is 5.69 Å². The molecule has 1 unspecified atom stereocenters. The lowest BCUT2D eigenvalue weighted by atomic mass is 10.0. The molecule has 0 amide bonds. The van der Waals surface area contributed by atoms with Gasteiger partial charge in [-0.25, -0.2) is 9.78 Å². The zero-order chi connectivity index (χ0) is 15.2. The van der Waals surface area contributed by atoms with Crippen LogP contribution in [0.2, 0.25) is 0 Å². The highest BCUT2D eigenvalue weighted by molar-refractivity contribution is 5.97. The maximum absolute atomic E-state index is 11.2. The first-order valence-corrected chi connectivity index (χ1v) is 7.13. The zero-order valence-electron chi connectivity index (χ0n) is 12.0. The molecule has 0 bridgehead atoms. The van der Waals surface area contributed by atoms with Crippen molar-refractivity contribution in [2.75, 3.05) is 18.5 Å². The molecule has 0 aliphatic rings. The van der Waals surface area contributed by atoms with E-state index in [4.69, 9.17) is 10.2 Å². The minimum absolute atomic E-state index is 0.0337. The number of pyridine rings is 1. The van der Waals surface area contributed by atoms with Gasteiger partial charge in [0.05, 0.1) is 0 Å². The first-order valence-electron chi connectivity index (χ1n) is 7.13. The molecule has 0 aliphatic carbocycles. The summed E-state index contributed by atoms with van der Waals surface area (Å²) in [6.07, 6.45) is 1.67. The lowest BCUT2D eigenvalue weighted by Gasteiger charge is -2.16. The predicted molar refractivity (Wildman–Crippen MR) is 82.7 cm³/mol. The SMILES string of the molecule is CCC(CCO)CNc1nc(C(=O)O)cc2ccccc12. The van der Waals surface area contributed by atoms with E-state index in [1.54, 1.807) is 6.07 Å². The molecule has 1 heterocycles. The van der Waals surface area contributed by atoms with E-state index >= 15 is 0 Å². The smallest absolute Gasteiger partial charge is 0.354 e. The summed E-state index contributed by atoms with van der Waals surface area (Å²) in [7, 11) is 0. The van der Waals surface area contributed by atoms with Gasteiger partial charge in [-0.1, -0.05) is 37.6 Å². The number of aliphatic hydroxyl groups excluding tert-OH is 1. The van der Waals surface area contributed by atoms with Crippen molar-refractivity contribution in [3.8, 4) is 0 Å². The normalized spacial score (nSPS) is 12.3. The fraction of sp³-hybridized carbons (Fsp3) is 0.375. The monoisotopic (exact) mass is 288 g/mol. The van der Waals surface area contributed by atoms with Gasteiger partial charge in [0, 0.05) is 18.5 Å². The van der Waals surface area contributed by atoms with Gasteiger partial charge in [0.25, 0.3) is 0 Å². The van der Waals surface area contributed by atoms with Crippen LogP contribution in [-0.4, -0.2) is 34.3 Å². The molecule has 1 atom stereocenters. The molecule has 1 aromatic heterocycles. The topological polar surface area (TPSA) is 82.5 Å². The van der Waals surface area contributed by atoms with Gasteiger partial charge >= 0.3 is 5.97 Å². The van der Waals surface area contributed by atoms with Crippen LogP contribution in [0.4, 0.5) is 5.82 Å². The molecule has 21 heavy (non-hydrogen) atoms. The van der Waals surface area contributed by atoms with E-state index in [0.717, 1.165) is 23.6 Å². The van der Waals surface area contributed by atoms with Gasteiger partial charge in [-0.2, -0.15) is 0 Å². The molecule has 0 radical (unpaired) electrons. The first-order chi connectivity index (χ1) is 10.2. The first kappa shape index (κ1) is 15.3. The van der Waals surface area contributed by atoms with Gasteiger partial charge in [-0.05, 0) is 23.8 Å². The van der Waals surface area contributed by atoms with Crippen molar-refractivity contribution in [3.63, 3.8) is 0 Å². The largest absolute Gasteiger partial charge is 0.477 e. The number of aromatic nitrogens is 1. The molecule has 112 valence electrons. The average Bonchev–Trinajstić information content (AvgIpc) is 2.50. The Balaban J connectivity index is 2.30. The predicted octanol–water partition coefficient (Wildman–Crippen LogP) is 2.75. The number of hydrogen-bond donors (Lipinski definition) is 3. The Morgan fingerprint density at radius 1 is 1.38 bits per heavy atom. The van der Waals surface area contributed by atoms with Gasteiger partial charge in [-0.15, -0.1) is 0 Å². The fourth-order valence-electron chi connectivity index (χ4n) is 2.32. The maximum atomic E-state index is 11.2. The molecule has 0 saturated heterocycles. The van der Waals surface area contributed by atoms with E-state index in [0.29, 0.717) is 18.3 Å². The highest BCUT2D eigenvalue weighted by Gasteiger charge is 2.12. The molecule has 0 saturated carbocycles. The van der Waals surface area contributed by atoms with E-state index in [-0.39, 0.29) is 12.3 Å². The third-order valence-corrected chi connectivity index (χ3v) is 3.63. The Labute approximate surface area is 123 Å². The summed E-state index contributed by atoms with van der Waals surface area (Å²) < 4.78 is 0. The number of rotatable bonds is 7. The molecule has 5 heteroatoms. The van der Waals surface area contributed by atoms with Gasteiger partial charge in [-0.3, -0.25) is 0 Å². The second-order valence-electron chi connectivity index (χ2n) is 5.05. The fourth-order valence-corrected chi connectivity index (χ4v) is 2.32. The second-order valence-corrected chi connectivity index (χ2v) is 5.05. The Morgan fingerprint density at radius 2 is 2.14 bits per heavy atom. The Morgan fingerprint density at radius 3 is 2.81 bits per heavy atom. The van der Waals surface area contributed by atoms with E-state index in [1.165, 1.54) is 0 Å². The number of aliphatic hydroxyl groups is 1. The summed E-state index contributed by atoms with van der Waals surface area (Å²) in [4.78, 5) is 15.4. The van der Waals surface area contributed by atoms with E-state index in [1.807, 2.05) is 24.3 Å². The molecule has 2 aromatic rings. The Kier molecular flexibility index (Phi) is 5.11. The van der Waals surface area contributed by atoms with Crippen molar-refractivity contribution >= 4 is 22.6 Å². The van der Waals surface area contributed by atoms with E-state index in [9.17, 15) is 4.79 Å². The number of nitrogens with zero attached hydrogens (tertiary/aromatic N) is 1. The van der Waals surface area contributed by atoms with Crippen molar-refractivity contribution < 1.29 is 15.0 Å². The number of hydrogen-bond acceptors (Lipinski definition) is 4. The number of aromatic carboxylic acids is 1. The number of benzene rings is 1. The Hall–Kier alpha value is -2.14. The van der Waals surface area contributed by atoms with Crippen LogP contribution in [0.3, 0.4) is 0 Å². The molecular formula is C16H20N2O3. The summed E-state index contributed by atoms with van der Waals surface area (Å²) in [5.74, 6) is -0.114. The van der Waals surface area contributed by atoms with Gasteiger partial charge in [0.1, 0.15) is 5.82 Å². The molecule has 3 N–H and O–H groups in total. The number of carbonyl (C=O) groups is 1. The lowest BCUT2D eigenvalue weighted by molar-refractivity contribution is 0.0691. The van der Waals surface area contributed by atoms with Crippen LogP contribution in [0, 0.1) is 5.92 Å². The average molecular weight is 288 g/mol. The second kappa shape index (κ2) is 7.04. The third kappa shape index (κ3) is 3.70. The molecule has 2 rings (SSSR count). The van der Waals surface area contributed by atoms with Crippen LogP contribution in [0.25, 0.3) is 10.8 Å². The standard InChI is InChI=1S/C16H20N2O3/c1-2-11(7-8-19)10-17-15-13-6-4-3-5-12(13)9-14(18-15)16(20)21/h3-6,9,11,19H,2,7-8,10H2,1H3,(H,17,18)(H,20,21). The maximum Gasteiger partial charge on any atom is 0.354 e. The highest BCUT2D eigenvalue weighted by atomic mass is 16.4. The van der Waals surface area contributed by atoms with Crippen LogP contribution < -0.4 is 5.32 Å². The number of fused-ring (bicyclic) bond motifs is 1. The van der Waals surface area contributed by atoms with Crippen LogP contribution in [0.1, 0.15) is 30.3 Å². The third-order valence-electron chi connectivity index (χ3n) is 3.63.